The number of hydrogen-bond acceptors (Lipinski definition) is 2. The van der Waals surface area contributed by atoms with Gasteiger partial charge < -0.3 is 0 Å². The molecule has 0 saturated carbocycles. The highest BCUT2D eigenvalue weighted by Gasteiger charge is 2.35. The number of halogens is 3. The summed E-state index contributed by atoms with van der Waals surface area (Å²) in [5.74, 6) is -0.462. The lowest BCUT2D eigenvalue weighted by atomic mass is 9.95. The zero-order chi connectivity index (χ0) is 15.8. The standard InChI is InChI=1S/C14H18Cl2FNO2S/c1-9-3-4-18(10(2)5-9)21(19,20)13-7-12(16)6-11(8-15)14(13)17/h6-7,9-10H,3-5,8H2,1-2H3. The molecule has 21 heavy (non-hydrogen) atoms. The molecule has 1 aliphatic rings. The third kappa shape index (κ3) is 3.36. The van der Waals surface area contributed by atoms with E-state index in [0.717, 1.165) is 18.9 Å². The molecule has 0 amide bonds. The van der Waals surface area contributed by atoms with Crippen LogP contribution in [0.15, 0.2) is 17.0 Å². The Morgan fingerprint density at radius 3 is 2.62 bits per heavy atom. The summed E-state index contributed by atoms with van der Waals surface area (Å²) in [4.78, 5) is -0.382. The average molecular weight is 354 g/mol. The first kappa shape index (κ1) is 17.0. The highest BCUT2D eigenvalue weighted by Crippen LogP contribution is 2.32. The minimum Gasteiger partial charge on any atom is -0.207 e. The van der Waals surface area contributed by atoms with Gasteiger partial charge in [0.05, 0.1) is 5.88 Å². The molecular weight excluding hydrogens is 336 g/mol. The predicted octanol–water partition coefficient (Wildman–Crippen LogP) is 4.03. The van der Waals surface area contributed by atoms with E-state index in [2.05, 4.69) is 6.92 Å². The fraction of sp³-hybridized carbons (Fsp3) is 0.571. The van der Waals surface area contributed by atoms with E-state index in [-0.39, 0.29) is 27.4 Å². The Hall–Kier alpha value is -0.360. The molecule has 2 unspecified atom stereocenters. The Morgan fingerprint density at radius 1 is 1.38 bits per heavy atom. The molecule has 2 atom stereocenters. The summed E-state index contributed by atoms with van der Waals surface area (Å²) < 4.78 is 41.2. The SMILES string of the molecule is CC1CCN(S(=O)(=O)c2cc(Cl)cc(CCl)c2F)C(C)C1. The van der Waals surface area contributed by atoms with Gasteiger partial charge in [0.25, 0.3) is 0 Å². The van der Waals surface area contributed by atoms with E-state index in [1.54, 1.807) is 0 Å². The van der Waals surface area contributed by atoms with Crippen LogP contribution in [0, 0.1) is 11.7 Å². The Labute approximate surface area is 135 Å². The number of nitrogens with zero attached hydrogens (tertiary/aromatic N) is 1. The quantitative estimate of drug-likeness (QED) is 0.769. The monoisotopic (exact) mass is 353 g/mol. The minimum atomic E-state index is -3.91. The zero-order valence-electron chi connectivity index (χ0n) is 11.9. The second kappa shape index (κ2) is 6.41. The van der Waals surface area contributed by atoms with Gasteiger partial charge in [0, 0.05) is 23.2 Å². The first-order valence-corrected chi connectivity index (χ1v) is 9.18. The van der Waals surface area contributed by atoms with Gasteiger partial charge in [-0.2, -0.15) is 4.31 Å². The predicted molar refractivity (Wildman–Crippen MR) is 82.7 cm³/mol. The highest BCUT2D eigenvalue weighted by molar-refractivity contribution is 7.89. The van der Waals surface area contributed by atoms with Crippen molar-refractivity contribution in [1.29, 1.82) is 0 Å². The van der Waals surface area contributed by atoms with Crippen molar-refractivity contribution in [2.45, 2.75) is 43.5 Å². The smallest absolute Gasteiger partial charge is 0.207 e. The van der Waals surface area contributed by atoms with Crippen LogP contribution >= 0.6 is 23.2 Å². The van der Waals surface area contributed by atoms with E-state index in [0.29, 0.717) is 12.5 Å². The number of piperidine rings is 1. The van der Waals surface area contributed by atoms with E-state index in [9.17, 15) is 12.8 Å². The van der Waals surface area contributed by atoms with Crippen LogP contribution in [0.3, 0.4) is 0 Å². The lowest BCUT2D eigenvalue weighted by Gasteiger charge is -2.35. The maximum absolute atomic E-state index is 14.4. The summed E-state index contributed by atoms with van der Waals surface area (Å²) >= 11 is 11.5. The van der Waals surface area contributed by atoms with Crippen LogP contribution in [-0.4, -0.2) is 25.3 Å². The molecule has 0 radical (unpaired) electrons. The molecule has 1 aromatic carbocycles. The van der Waals surface area contributed by atoms with E-state index in [1.807, 2.05) is 6.92 Å². The van der Waals surface area contributed by atoms with Crippen LogP contribution < -0.4 is 0 Å². The molecular formula is C14H18Cl2FNO2S. The van der Waals surface area contributed by atoms with Crippen LogP contribution in [0.25, 0.3) is 0 Å². The fourth-order valence-electron chi connectivity index (χ4n) is 2.77. The van der Waals surface area contributed by atoms with Gasteiger partial charge >= 0.3 is 0 Å². The van der Waals surface area contributed by atoms with Crippen LogP contribution in [0.2, 0.25) is 5.02 Å². The summed E-state index contributed by atoms with van der Waals surface area (Å²) in [6, 6.07) is 2.36. The molecule has 118 valence electrons. The van der Waals surface area contributed by atoms with Gasteiger partial charge in [0.15, 0.2) is 0 Å². The molecule has 3 nitrogen and oxygen atoms in total. The molecule has 0 aliphatic carbocycles. The van der Waals surface area contributed by atoms with Gasteiger partial charge in [-0.1, -0.05) is 18.5 Å². The number of benzene rings is 1. The van der Waals surface area contributed by atoms with Crippen molar-refractivity contribution >= 4 is 33.2 Å². The van der Waals surface area contributed by atoms with Crippen molar-refractivity contribution in [3.63, 3.8) is 0 Å². The number of alkyl halides is 1. The van der Waals surface area contributed by atoms with Crippen molar-refractivity contribution in [1.82, 2.24) is 4.31 Å². The molecule has 0 N–H and O–H groups in total. The highest BCUT2D eigenvalue weighted by atomic mass is 35.5. The number of sulfonamides is 1. The second-order valence-electron chi connectivity index (χ2n) is 5.60. The van der Waals surface area contributed by atoms with Crippen molar-refractivity contribution < 1.29 is 12.8 Å². The summed E-state index contributed by atoms with van der Waals surface area (Å²) in [5.41, 5.74) is 0.0979. The lowest BCUT2D eigenvalue weighted by Crippen LogP contribution is -2.44. The lowest BCUT2D eigenvalue weighted by molar-refractivity contribution is 0.219. The van der Waals surface area contributed by atoms with Crippen molar-refractivity contribution in [2.24, 2.45) is 5.92 Å². The third-order valence-corrected chi connectivity index (χ3v) is 6.41. The molecule has 7 heteroatoms. The Morgan fingerprint density at radius 2 is 2.05 bits per heavy atom. The maximum atomic E-state index is 14.4. The molecule has 1 aromatic rings. The van der Waals surface area contributed by atoms with Crippen molar-refractivity contribution in [3.8, 4) is 0 Å². The molecule has 1 heterocycles. The first-order chi connectivity index (χ1) is 9.77. The van der Waals surface area contributed by atoms with E-state index in [1.165, 1.54) is 10.4 Å². The van der Waals surface area contributed by atoms with E-state index in [4.69, 9.17) is 23.2 Å². The van der Waals surface area contributed by atoms with Gasteiger partial charge in [0.2, 0.25) is 10.0 Å². The molecule has 0 bridgehead atoms. The number of rotatable bonds is 3. The van der Waals surface area contributed by atoms with Gasteiger partial charge in [-0.25, -0.2) is 12.8 Å². The van der Waals surface area contributed by atoms with E-state index >= 15 is 0 Å². The molecule has 2 rings (SSSR count). The Balaban J connectivity index is 2.47. The third-order valence-electron chi connectivity index (χ3n) is 3.89. The molecule has 1 fully saturated rings. The average Bonchev–Trinajstić information content (AvgIpc) is 2.40. The van der Waals surface area contributed by atoms with Gasteiger partial charge in [-0.15, -0.1) is 11.6 Å². The van der Waals surface area contributed by atoms with Crippen LogP contribution in [0.4, 0.5) is 4.39 Å². The number of hydrogen-bond donors (Lipinski definition) is 0. The molecule has 1 aliphatic heterocycles. The topological polar surface area (TPSA) is 37.4 Å². The summed E-state index contributed by atoms with van der Waals surface area (Å²) in [5, 5.41) is 0.170. The van der Waals surface area contributed by atoms with Gasteiger partial charge in [-0.05, 0) is 37.8 Å². The molecule has 0 spiro atoms. The van der Waals surface area contributed by atoms with Crippen LogP contribution in [0.1, 0.15) is 32.3 Å². The fourth-order valence-corrected chi connectivity index (χ4v) is 5.06. The van der Waals surface area contributed by atoms with E-state index < -0.39 is 15.8 Å². The normalized spacial score (nSPS) is 24.2. The maximum Gasteiger partial charge on any atom is 0.246 e. The molecule has 1 saturated heterocycles. The summed E-state index contributed by atoms with van der Waals surface area (Å²) in [7, 11) is -3.91. The first-order valence-electron chi connectivity index (χ1n) is 6.83. The minimum absolute atomic E-state index is 0.0979. The summed E-state index contributed by atoms with van der Waals surface area (Å²) in [6.07, 6.45) is 1.54. The Kier molecular flexibility index (Phi) is 5.19. The van der Waals surface area contributed by atoms with Crippen LogP contribution in [0.5, 0.6) is 0 Å². The largest absolute Gasteiger partial charge is 0.246 e. The van der Waals surface area contributed by atoms with Gasteiger partial charge in [-0.3, -0.25) is 0 Å². The van der Waals surface area contributed by atoms with Crippen molar-refractivity contribution in [2.75, 3.05) is 6.54 Å². The van der Waals surface area contributed by atoms with Crippen LogP contribution in [-0.2, 0) is 15.9 Å². The van der Waals surface area contributed by atoms with Crippen molar-refractivity contribution in [3.05, 3.63) is 28.5 Å². The second-order valence-corrected chi connectivity index (χ2v) is 8.17. The summed E-state index contributed by atoms with van der Waals surface area (Å²) in [6.45, 7) is 4.33. The molecule has 0 aromatic heterocycles. The van der Waals surface area contributed by atoms with Gasteiger partial charge in [0.1, 0.15) is 10.7 Å². The Bertz CT molecular complexity index is 636. The zero-order valence-corrected chi connectivity index (χ0v) is 14.3.